The van der Waals surface area contributed by atoms with Crippen LogP contribution in [0, 0.1) is 0 Å². The molecule has 0 aliphatic carbocycles. The van der Waals surface area contributed by atoms with Gasteiger partial charge in [0.15, 0.2) is 0 Å². The first-order chi connectivity index (χ1) is 5.77. The molecule has 0 bridgehead atoms. The van der Waals surface area contributed by atoms with Gasteiger partial charge in [-0.1, -0.05) is 45.4 Å². The van der Waals surface area contributed by atoms with Crippen LogP contribution in [0.5, 0.6) is 0 Å². The maximum Gasteiger partial charge on any atom is 0.303 e. The Hall–Kier alpha value is -0.0235. The second-order valence-electron chi connectivity index (χ2n) is 3.27. The largest absolute Gasteiger partial charge is 0.481 e. The maximum absolute atomic E-state index is 10.1. The fourth-order valence-electron chi connectivity index (χ4n) is 1.23. The Kier molecular flexibility index (Phi) is 14.2. The molecule has 0 aliphatic rings. The number of unbranched alkanes of at least 4 members (excludes halogenated alkanes) is 6. The van der Waals surface area contributed by atoms with Crippen molar-refractivity contribution in [3.05, 3.63) is 0 Å². The Balaban J connectivity index is 0. The third-order valence-corrected chi connectivity index (χ3v) is 1.99. The van der Waals surface area contributed by atoms with Gasteiger partial charge in [0.05, 0.1) is 0 Å². The summed E-state index contributed by atoms with van der Waals surface area (Å²) in [6.45, 7) is 2.20. The molecule has 0 saturated heterocycles. The minimum Gasteiger partial charge on any atom is -0.481 e. The van der Waals surface area contributed by atoms with Crippen LogP contribution >= 0.6 is 0 Å². The van der Waals surface area contributed by atoms with Crippen LogP contribution < -0.4 is 0 Å². The Morgan fingerprint density at radius 3 is 1.92 bits per heavy atom. The van der Waals surface area contributed by atoms with Gasteiger partial charge in [-0.2, -0.15) is 0 Å². The van der Waals surface area contributed by atoms with E-state index in [4.69, 9.17) is 5.11 Å². The van der Waals surface area contributed by atoms with E-state index in [2.05, 4.69) is 6.92 Å². The van der Waals surface area contributed by atoms with E-state index in [9.17, 15) is 4.79 Å². The molecule has 0 heterocycles. The van der Waals surface area contributed by atoms with E-state index in [0.717, 1.165) is 12.8 Å². The Morgan fingerprint density at radius 1 is 1.00 bits per heavy atom. The zero-order valence-corrected chi connectivity index (χ0v) is 9.39. The first-order valence-electron chi connectivity index (χ1n) is 4.99. The average Bonchev–Trinajstić information content (AvgIpc) is 2.02. The normalized spacial score (nSPS) is 9.31. The van der Waals surface area contributed by atoms with Gasteiger partial charge in [-0.05, 0) is 6.42 Å². The van der Waals surface area contributed by atoms with E-state index in [0.29, 0.717) is 6.42 Å². The maximum atomic E-state index is 10.1. The molecule has 0 aromatic carbocycles. The van der Waals surface area contributed by atoms with Gasteiger partial charge < -0.3 is 5.11 Å². The van der Waals surface area contributed by atoms with Crippen molar-refractivity contribution in [2.75, 3.05) is 0 Å². The van der Waals surface area contributed by atoms with Crippen LogP contribution in [-0.2, 0) is 21.6 Å². The molecule has 13 heavy (non-hydrogen) atoms. The average molecular weight is 231 g/mol. The van der Waals surface area contributed by atoms with Crippen LogP contribution in [0.1, 0.15) is 58.3 Å². The van der Waals surface area contributed by atoms with E-state index in [1.165, 1.54) is 32.1 Å². The van der Waals surface area contributed by atoms with Gasteiger partial charge in [-0.3, -0.25) is 4.79 Å². The van der Waals surface area contributed by atoms with Crippen molar-refractivity contribution >= 4 is 5.97 Å². The summed E-state index contributed by atoms with van der Waals surface area (Å²) in [6.07, 6.45) is 8.64. The second-order valence-corrected chi connectivity index (χ2v) is 3.27. The van der Waals surface area contributed by atoms with E-state index < -0.39 is 5.97 Å². The minimum absolute atomic E-state index is 0. The third kappa shape index (κ3) is 14.8. The van der Waals surface area contributed by atoms with Gasteiger partial charge in [0, 0.05) is 23.2 Å². The number of hydrogen-bond acceptors (Lipinski definition) is 1. The van der Waals surface area contributed by atoms with Gasteiger partial charge in [0.2, 0.25) is 0 Å². The van der Waals surface area contributed by atoms with Crippen molar-refractivity contribution < 1.29 is 26.7 Å². The number of aliphatic carboxylic acids is 1. The standard InChI is InChI=1S/C10H20O2.Co/c1-2-3-4-5-6-7-8-9-10(11)12;/h2-9H2,1H3,(H,11,12);. The molecule has 0 amide bonds. The molecule has 1 radical (unpaired) electrons. The fourth-order valence-corrected chi connectivity index (χ4v) is 1.23. The van der Waals surface area contributed by atoms with Gasteiger partial charge >= 0.3 is 5.97 Å². The first kappa shape index (κ1) is 15.4. The van der Waals surface area contributed by atoms with E-state index >= 15 is 0 Å². The summed E-state index contributed by atoms with van der Waals surface area (Å²) in [5.41, 5.74) is 0. The second kappa shape index (κ2) is 12.0. The van der Waals surface area contributed by atoms with E-state index in [1.54, 1.807) is 0 Å². The van der Waals surface area contributed by atoms with E-state index in [-0.39, 0.29) is 16.8 Å². The smallest absolute Gasteiger partial charge is 0.303 e. The molecule has 0 fully saturated rings. The van der Waals surface area contributed by atoms with Crippen molar-refractivity contribution in [1.29, 1.82) is 0 Å². The zero-order valence-electron chi connectivity index (χ0n) is 8.35. The van der Waals surface area contributed by atoms with Crippen molar-refractivity contribution in [2.45, 2.75) is 58.3 Å². The van der Waals surface area contributed by atoms with Crippen LogP contribution in [-0.4, -0.2) is 11.1 Å². The predicted octanol–water partition coefficient (Wildman–Crippen LogP) is 3.21. The van der Waals surface area contributed by atoms with Gasteiger partial charge in [0.1, 0.15) is 0 Å². The predicted molar refractivity (Wildman–Crippen MR) is 50.2 cm³/mol. The molecule has 0 aromatic heterocycles. The van der Waals surface area contributed by atoms with Crippen LogP contribution in [0.2, 0.25) is 0 Å². The fraction of sp³-hybridized carbons (Fsp3) is 0.900. The molecule has 0 rings (SSSR count). The molecule has 0 unspecified atom stereocenters. The number of hydrogen-bond donors (Lipinski definition) is 1. The molecule has 0 atom stereocenters. The SMILES string of the molecule is CCCCCCCCCC(=O)O.[Co]. The van der Waals surface area contributed by atoms with E-state index in [1.807, 2.05) is 0 Å². The molecule has 0 spiro atoms. The van der Waals surface area contributed by atoms with Crippen LogP contribution in [0.15, 0.2) is 0 Å². The summed E-state index contributed by atoms with van der Waals surface area (Å²) in [7, 11) is 0. The Bertz CT molecular complexity index is 115. The first-order valence-corrected chi connectivity index (χ1v) is 4.99. The summed E-state index contributed by atoms with van der Waals surface area (Å²) in [4.78, 5) is 10.1. The van der Waals surface area contributed by atoms with Crippen LogP contribution in [0.3, 0.4) is 0 Å². The molecular formula is C10H20CoO2. The molecule has 0 aliphatic heterocycles. The van der Waals surface area contributed by atoms with Crippen molar-refractivity contribution in [3.8, 4) is 0 Å². The zero-order chi connectivity index (χ0) is 9.23. The van der Waals surface area contributed by atoms with Gasteiger partial charge in [-0.15, -0.1) is 0 Å². The van der Waals surface area contributed by atoms with Crippen LogP contribution in [0.4, 0.5) is 0 Å². The van der Waals surface area contributed by atoms with Crippen molar-refractivity contribution in [3.63, 3.8) is 0 Å². The summed E-state index contributed by atoms with van der Waals surface area (Å²) >= 11 is 0. The topological polar surface area (TPSA) is 37.3 Å². The number of carbonyl (C=O) groups is 1. The molecule has 0 aromatic rings. The quantitative estimate of drug-likeness (QED) is 0.651. The summed E-state index contributed by atoms with van der Waals surface area (Å²) in [5, 5.41) is 8.35. The summed E-state index contributed by atoms with van der Waals surface area (Å²) in [5.74, 6) is -0.663. The number of rotatable bonds is 8. The molecule has 2 nitrogen and oxygen atoms in total. The van der Waals surface area contributed by atoms with Crippen molar-refractivity contribution in [2.24, 2.45) is 0 Å². The van der Waals surface area contributed by atoms with Gasteiger partial charge in [0.25, 0.3) is 0 Å². The monoisotopic (exact) mass is 231 g/mol. The minimum atomic E-state index is -0.663. The number of carboxylic acid groups (broad SMARTS) is 1. The van der Waals surface area contributed by atoms with Crippen LogP contribution in [0.25, 0.3) is 0 Å². The number of carboxylic acids is 1. The Labute approximate surface area is 91.3 Å². The third-order valence-electron chi connectivity index (χ3n) is 1.99. The van der Waals surface area contributed by atoms with Gasteiger partial charge in [-0.25, -0.2) is 0 Å². The molecule has 81 valence electrons. The molecular weight excluding hydrogens is 211 g/mol. The Morgan fingerprint density at radius 2 is 1.46 bits per heavy atom. The molecule has 1 N–H and O–H groups in total. The van der Waals surface area contributed by atoms with Crippen molar-refractivity contribution in [1.82, 2.24) is 0 Å². The summed E-state index contributed by atoms with van der Waals surface area (Å²) < 4.78 is 0. The summed E-state index contributed by atoms with van der Waals surface area (Å²) in [6, 6.07) is 0. The molecule has 0 saturated carbocycles. The molecule has 3 heteroatoms.